The first kappa shape index (κ1) is 29.6. The molecule has 0 aliphatic rings. The van der Waals surface area contributed by atoms with Crippen LogP contribution in [0.4, 0.5) is 0 Å². The highest BCUT2D eigenvalue weighted by Crippen LogP contribution is 2.30. The number of unbranched alkanes of at least 4 members (excludes halogenated alkanes) is 5. The molecular weight excluding hydrogens is 440 g/mol. The van der Waals surface area contributed by atoms with Crippen LogP contribution in [0, 0.1) is 0 Å². The van der Waals surface area contributed by atoms with Crippen molar-refractivity contribution in [1.29, 1.82) is 0 Å². The lowest BCUT2D eigenvalue weighted by Crippen LogP contribution is -2.28. The van der Waals surface area contributed by atoms with E-state index >= 15 is 0 Å². The third-order valence-electron chi connectivity index (χ3n) is 6.21. The molecule has 0 amide bonds. The molecule has 198 valence electrons. The summed E-state index contributed by atoms with van der Waals surface area (Å²) in [5.74, 6) is 0.973. The van der Waals surface area contributed by atoms with E-state index in [2.05, 4.69) is 50.2 Å². The molecule has 2 rings (SSSR count). The number of hydrogen-bond donors (Lipinski definition) is 1. The molecule has 0 bridgehead atoms. The van der Waals surface area contributed by atoms with Gasteiger partial charge in [0.05, 0.1) is 44.7 Å². The molecule has 0 radical (unpaired) electrons. The Kier molecular flexibility index (Phi) is 14.3. The van der Waals surface area contributed by atoms with E-state index in [0.717, 1.165) is 12.2 Å². The van der Waals surface area contributed by atoms with Gasteiger partial charge in [0.15, 0.2) is 0 Å². The summed E-state index contributed by atoms with van der Waals surface area (Å²) in [5.41, 5.74) is 1.31. The second kappa shape index (κ2) is 16.9. The Balaban J connectivity index is 1.85. The van der Waals surface area contributed by atoms with Gasteiger partial charge in [-0.25, -0.2) is 0 Å². The SMILES string of the molecule is CCCCCCCCc1c(OC(C)COC(C)COC(C)COC(C)CO)ccc2ccccc12. The summed E-state index contributed by atoms with van der Waals surface area (Å²) in [6, 6.07) is 12.9. The molecule has 5 nitrogen and oxygen atoms in total. The van der Waals surface area contributed by atoms with E-state index in [1.54, 1.807) is 0 Å². The zero-order chi connectivity index (χ0) is 25.5. The first-order chi connectivity index (χ1) is 16.9. The van der Waals surface area contributed by atoms with Crippen molar-refractivity contribution in [1.82, 2.24) is 0 Å². The fourth-order valence-corrected chi connectivity index (χ4v) is 4.07. The maximum atomic E-state index is 9.05. The van der Waals surface area contributed by atoms with Crippen molar-refractivity contribution in [3.63, 3.8) is 0 Å². The summed E-state index contributed by atoms with van der Waals surface area (Å²) in [5, 5.41) is 11.6. The highest BCUT2D eigenvalue weighted by Gasteiger charge is 2.14. The van der Waals surface area contributed by atoms with Gasteiger partial charge in [-0.2, -0.15) is 0 Å². The lowest BCUT2D eigenvalue weighted by atomic mass is 9.98. The van der Waals surface area contributed by atoms with Crippen LogP contribution in [-0.4, -0.2) is 55.9 Å². The summed E-state index contributed by atoms with van der Waals surface area (Å²) in [4.78, 5) is 0. The van der Waals surface area contributed by atoms with Crippen LogP contribution in [-0.2, 0) is 20.6 Å². The Morgan fingerprint density at radius 2 is 1.29 bits per heavy atom. The molecule has 0 saturated carbocycles. The average molecular weight is 489 g/mol. The number of fused-ring (bicyclic) bond motifs is 1. The second-order valence-corrected chi connectivity index (χ2v) is 9.82. The number of hydrogen-bond acceptors (Lipinski definition) is 5. The summed E-state index contributed by atoms with van der Waals surface area (Å²) >= 11 is 0. The van der Waals surface area contributed by atoms with E-state index in [-0.39, 0.29) is 31.0 Å². The van der Waals surface area contributed by atoms with Gasteiger partial charge in [-0.1, -0.05) is 69.4 Å². The van der Waals surface area contributed by atoms with E-state index in [1.165, 1.54) is 54.9 Å². The van der Waals surface area contributed by atoms with Gasteiger partial charge >= 0.3 is 0 Å². The minimum Gasteiger partial charge on any atom is -0.488 e. The highest BCUT2D eigenvalue weighted by atomic mass is 16.6. The zero-order valence-corrected chi connectivity index (χ0v) is 22.6. The predicted molar refractivity (Wildman–Crippen MR) is 144 cm³/mol. The first-order valence-corrected chi connectivity index (χ1v) is 13.6. The quantitative estimate of drug-likeness (QED) is 0.223. The van der Waals surface area contributed by atoms with Crippen molar-refractivity contribution < 1.29 is 24.1 Å². The summed E-state index contributed by atoms with van der Waals surface area (Å²) in [6.45, 7) is 11.6. The highest BCUT2D eigenvalue weighted by molar-refractivity contribution is 5.87. The molecule has 2 aromatic rings. The van der Waals surface area contributed by atoms with Crippen molar-refractivity contribution >= 4 is 10.8 Å². The minimum absolute atomic E-state index is 0.0159. The van der Waals surface area contributed by atoms with E-state index in [9.17, 15) is 0 Å². The molecule has 5 heteroatoms. The van der Waals surface area contributed by atoms with Crippen LogP contribution < -0.4 is 4.74 Å². The topological polar surface area (TPSA) is 57.2 Å². The lowest BCUT2D eigenvalue weighted by Gasteiger charge is -2.22. The number of benzene rings is 2. The Morgan fingerprint density at radius 3 is 1.97 bits per heavy atom. The molecule has 0 fully saturated rings. The van der Waals surface area contributed by atoms with E-state index in [4.69, 9.17) is 24.1 Å². The summed E-state index contributed by atoms with van der Waals surface area (Å²) in [6.07, 6.45) is 8.42. The largest absolute Gasteiger partial charge is 0.488 e. The summed E-state index contributed by atoms with van der Waals surface area (Å²) in [7, 11) is 0. The van der Waals surface area contributed by atoms with Crippen molar-refractivity contribution in [3.8, 4) is 5.75 Å². The standard InChI is InChI=1S/C30H48O5/c1-6-7-8-9-10-11-16-29-28-15-13-12-14-27(28)17-18-30(29)35-26(5)22-34-25(4)21-33-24(3)20-32-23(2)19-31/h12-15,17-18,23-26,31H,6-11,16,19-22H2,1-5H3. The molecule has 0 aliphatic heterocycles. The van der Waals surface area contributed by atoms with Gasteiger partial charge in [0.25, 0.3) is 0 Å². The molecule has 0 spiro atoms. The van der Waals surface area contributed by atoms with Crippen LogP contribution in [0.1, 0.15) is 78.7 Å². The van der Waals surface area contributed by atoms with Crippen LogP contribution >= 0.6 is 0 Å². The fraction of sp³-hybridized carbons (Fsp3) is 0.667. The second-order valence-electron chi connectivity index (χ2n) is 9.82. The van der Waals surface area contributed by atoms with Crippen LogP contribution in [0.25, 0.3) is 10.8 Å². The van der Waals surface area contributed by atoms with Gasteiger partial charge < -0.3 is 24.1 Å². The Hall–Kier alpha value is -1.66. The third kappa shape index (κ3) is 11.3. The number of rotatable bonds is 19. The van der Waals surface area contributed by atoms with Gasteiger partial charge in [0.2, 0.25) is 0 Å². The Labute approximate surface area is 213 Å². The van der Waals surface area contributed by atoms with E-state index < -0.39 is 0 Å². The molecule has 4 unspecified atom stereocenters. The number of aliphatic hydroxyl groups excluding tert-OH is 1. The molecule has 2 aromatic carbocycles. The van der Waals surface area contributed by atoms with Crippen molar-refractivity contribution in [2.75, 3.05) is 26.4 Å². The zero-order valence-electron chi connectivity index (χ0n) is 22.6. The van der Waals surface area contributed by atoms with Gasteiger partial charge in [-0.05, 0) is 57.4 Å². The van der Waals surface area contributed by atoms with Crippen molar-refractivity contribution in [2.45, 2.75) is 104 Å². The molecule has 0 heterocycles. The molecule has 0 aliphatic carbocycles. The molecule has 4 atom stereocenters. The van der Waals surface area contributed by atoms with E-state index in [0.29, 0.717) is 19.8 Å². The third-order valence-corrected chi connectivity index (χ3v) is 6.21. The van der Waals surface area contributed by atoms with Gasteiger partial charge in [0.1, 0.15) is 11.9 Å². The first-order valence-electron chi connectivity index (χ1n) is 13.6. The minimum atomic E-state index is -0.172. The molecule has 0 saturated heterocycles. The normalized spacial score (nSPS) is 15.1. The van der Waals surface area contributed by atoms with Gasteiger partial charge in [-0.3, -0.25) is 0 Å². The van der Waals surface area contributed by atoms with Crippen LogP contribution in [0.15, 0.2) is 36.4 Å². The maximum absolute atomic E-state index is 9.05. The Bertz CT molecular complexity index is 823. The fourth-order valence-electron chi connectivity index (χ4n) is 4.07. The number of aryl methyl sites for hydroxylation is 1. The van der Waals surface area contributed by atoms with Gasteiger partial charge in [-0.15, -0.1) is 0 Å². The monoisotopic (exact) mass is 488 g/mol. The smallest absolute Gasteiger partial charge is 0.123 e. The number of aliphatic hydroxyl groups is 1. The lowest BCUT2D eigenvalue weighted by molar-refractivity contribution is -0.0809. The van der Waals surface area contributed by atoms with Crippen LogP contribution in [0.2, 0.25) is 0 Å². The average Bonchev–Trinajstić information content (AvgIpc) is 2.87. The number of ether oxygens (including phenoxy) is 4. The van der Waals surface area contributed by atoms with Gasteiger partial charge in [0, 0.05) is 5.56 Å². The van der Waals surface area contributed by atoms with Crippen LogP contribution in [0.3, 0.4) is 0 Å². The molecule has 1 N–H and O–H groups in total. The predicted octanol–water partition coefficient (Wildman–Crippen LogP) is 6.72. The molecular formula is C30H48O5. The van der Waals surface area contributed by atoms with Crippen molar-refractivity contribution in [2.24, 2.45) is 0 Å². The Morgan fingerprint density at radius 1 is 0.686 bits per heavy atom. The van der Waals surface area contributed by atoms with Crippen molar-refractivity contribution in [3.05, 3.63) is 42.0 Å². The molecule has 35 heavy (non-hydrogen) atoms. The van der Waals surface area contributed by atoms with Crippen LogP contribution in [0.5, 0.6) is 5.75 Å². The summed E-state index contributed by atoms with van der Waals surface area (Å²) < 4.78 is 23.7. The van der Waals surface area contributed by atoms with E-state index in [1.807, 2.05) is 20.8 Å². The molecule has 0 aromatic heterocycles. The maximum Gasteiger partial charge on any atom is 0.123 e.